The number of hydroxylamine groups is 2. The van der Waals surface area contributed by atoms with Gasteiger partial charge in [0, 0.05) is 19.8 Å². The third kappa shape index (κ3) is 3.84. The van der Waals surface area contributed by atoms with Gasteiger partial charge < -0.3 is 14.8 Å². The van der Waals surface area contributed by atoms with Crippen molar-refractivity contribution in [3.8, 4) is 0 Å². The molecule has 1 aromatic rings. The number of carbonyl (C=O) groups excluding carboxylic acids is 2. The Labute approximate surface area is 149 Å². The third-order valence-corrected chi connectivity index (χ3v) is 4.55. The molecular formula is C13H18N6O6S. The molecule has 2 bridgehead atoms. The lowest BCUT2D eigenvalue weighted by molar-refractivity contribution is -0.119. The predicted molar refractivity (Wildman–Crippen MR) is 86.2 cm³/mol. The molecule has 0 aromatic carbocycles. The average molecular weight is 386 g/mol. The molecule has 0 radical (unpaired) electrons. The van der Waals surface area contributed by atoms with E-state index in [-0.39, 0.29) is 18.8 Å². The maximum absolute atomic E-state index is 12.3. The maximum atomic E-state index is 12.3. The Morgan fingerprint density at radius 2 is 2.23 bits per heavy atom. The fourth-order valence-electron chi connectivity index (χ4n) is 3.13. The van der Waals surface area contributed by atoms with Gasteiger partial charge in [-0.3, -0.25) is 14.8 Å². The number of imidazole rings is 1. The Morgan fingerprint density at radius 1 is 1.50 bits per heavy atom. The first kappa shape index (κ1) is 18.3. The Hall–Kier alpha value is -2.51. The topological polar surface area (TPSA) is 158 Å². The molecule has 3 heterocycles. The highest BCUT2D eigenvalue weighted by molar-refractivity contribution is 7.80. The van der Waals surface area contributed by atoms with Gasteiger partial charge in [0.05, 0.1) is 30.5 Å². The van der Waals surface area contributed by atoms with Crippen LogP contribution in [0.2, 0.25) is 0 Å². The number of hydrogen-bond donors (Lipinski definition) is 3. The van der Waals surface area contributed by atoms with Crippen molar-refractivity contribution in [2.75, 3.05) is 6.54 Å². The van der Waals surface area contributed by atoms with Crippen LogP contribution >= 0.6 is 0 Å². The summed E-state index contributed by atoms with van der Waals surface area (Å²) in [6.07, 6.45) is 3.95. The summed E-state index contributed by atoms with van der Waals surface area (Å²) in [5, 5.41) is 11.1. The summed E-state index contributed by atoms with van der Waals surface area (Å²) in [5.74, 6) is -0.597. The van der Waals surface area contributed by atoms with Crippen molar-refractivity contribution in [2.45, 2.75) is 31.3 Å². The largest absolute Gasteiger partial charge is 0.418 e. The minimum atomic E-state index is -4.82. The summed E-state index contributed by atoms with van der Waals surface area (Å²) < 4.78 is 36.5. The van der Waals surface area contributed by atoms with E-state index in [1.165, 1.54) is 4.90 Å². The molecule has 26 heavy (non-hydrogen) atoms. The Kier molecular flexibility index (Phi) is 4.68. The summed E-state index contributed by atoms with van der Waals surface area (Å²) in [7, 11) is -3.05. The molecule has 0 aliphatic carbocycles. The van der Waals surface area contributed by atoms with Crippen LogP contribution in [-0.4, -0.2) is 68.9 Å². The van der Waals surface area contributed by atoms with Gasteiger partial charge in [0.15, 0.2) is 0 Å². The quantitative estimate of drug-likeness (QED) is 0.335. The van der Waals surface area contributed by atoms with Crippen LogP contribution < -0.4 is 5.32 Å². The SMILES string of the molecule is Cn1cnc(CC(=O)NC(=N)C2CCC3CN2C(=O)N3OS(=O)(=O)O)c1. The number of carbonyl (C=O) groups is 2. The lowest BCUT2D eigenvalue weighted by Gasteiger charge is -2.30. The molecule has 12 nitrogen and oxygen atoms in total. The van der Waals surface area contributed by atoms with Gasteiger partial charge in [-0.1, -0.05) is 0 Å². The molecule has 13 heteroatoms. The van der Waals surface area contributed by atoms with Crippen LogP contribution in [0.15, 0.2) is 12.5 Å². The van der Waals surface area contributed by atoms with Gasteiger partial charge in [0.1, 0.15) is 5.84 Å². The molecule has 2 atom stereocenters. The van der Waals surface area contributed by atoms with Crippen molar-refractivity contribution in [1.29, 1.82) is 5.41 Å². The van der Waals surface area contributed by atoms with Gasteiger partial charge >= 0.3 is 16.4 Å². The molecule has 1 aromatic heterocycles. The van der Waals surface area contributed by atoms with Crippen LogP contribution in [0.5, 0.6) is 0 Å². The molecule has 3 amide bonds. The van der Waals surface area contributed by atoms with E-state index in [0.717, 1.165) is 0 Å². The van der Waals surface area contributed by atoms with Crippen LogP contribution in [-0.2, 0) is 32.9 Å². The number of fused-ring (bicyclic) bond motifs is 2. The lowest BCUT2D eigenvalue weighted by atomic mass is 10.00. The van der Waals surface area contributed by atoms with Crippen molar-refractivity contribution in [1.82, 2.24) is 24.8 Å². The molecule has 2 fully saturated rings. The normalized spacial score (nSPS) is 22.6. The fourth-order valence-corrected chi connectivity index (χ4v) is 3.52. The number of nitrogens with zero attached hydrogens (tertiary/aromatic N) is 4. The minimum Gasteiger partial charge on any atom is -0.340 e. The summed E-state index contributed by atoms with van der Waals surface area (Å²) in [6, 6.07) is -2.03. The predicted octanol–water partition coefficient (Wildman–Crippen LogP) is -0.941. The van der Waals surface area contributed by atoms with E-state index >= 15 is 0 Å². The van der Waals surface area contributed by atoms with Gasteiger partial charge in [-0.2, -0.15) is 13.5 Å². The van der Waals surface area contributed by atoms with E-state index < -0.39 is 34.4 Å². The van der Waals surface area contributed by atoms with Crippen LogP contribution in [0.1, 0.15) is 18.5 Å². The monoisotopic (exact) mass is 386 g/mol. The first-order valence-corrected chi connectivity index (χ1v) is 9.12. The number of urea groups is 1. The highest BCUT2D eigenvalue weighted by Crippen LogP contribution is 2.30. The number of amides is 3. The molecule has 2 aliphatic heterocycles. The van der Waals surface area contributed by atoms with Crippen LogP contribution in [0, 0.1) is 5.41 Å². The summed E-state index contributed by atoms with van der Waals surface area (Å²) in [5.41, 5.74) is 0.548. The zero-order valence-corrected chi connectivity index (χ0v) is 14.6. The second-order valence-corrected chi connectivity index (χ2v) is 7.18. The first-order valence-electron chi connectivity index (χ1n) is 7.76. The van der Waals surface area contributed by atoms with Gasteiger partial charge in [-0.25, -0.2) is 9.78 Å². The number of piperidine rings is 1. The minimum absolute atomic E-state index is 0.00942. The molecule has 2 aliphatic rings. The smallest absolute Gasteiger partial charge is 0.340 e. The van der Waals surface area contributed by atoms with Crippen molar-refractivity contribution in [2.24, 2.45) is 7.05 Å². The molecule has 2 unspecified atom stereocenters. The molecule has 3 N–H and O–H groups in total. The van der Waals surface area contributed by atoms with Crippen molar-refractivity contribution >= 4 is 28.2 Å². The molecule has 0 saturated carbocycles. The van der Waals surface area contributed by atoms with Crippen LogP contribution in [0.3, 0.4) is 0 Å². The van der Waals surface area contributed by atoms with Gasteiger partial charge in [-0.05, 0) is 12.8 Å². The highest BCUT2D eigenvalue weighted by atomic mass is 32.3. The van der Waals surface area contributed by atoms with Crippen molar-refractivity contribution in [3.63, 3.8) is 0 Å². The van der Waals surface area contributed by atoms with Gasteiger partial charge in [0.25, 0.3) is 0 Å². The van der Waals surface area contributed by atoms with E-state index in [9.17, 15) is 18.0 Å². The second kappa shape index (κ2) is 6.66. The van der Waals surface area contributed by atoms with Crippen molar-refractivity contribution < 1.29 is 26.8 Å². The molecular weight excluding hydrogens is 368 g/mol. The summed E-state index contributed by atoms with van der Waals surface area (Å²) in [6.45, 7) is 0.136. The van der Waals surface area contributed by atoms with E-state index in [1.54, 1.807) is 24.1 Å². The standard InChI is InChI=1S/C13H18N6O6S/c1-17-5-8(15-7-17)4-11(20)16-12(14)10-3-2-9-6-18(10)13(21)19(9)25-26(22,23)24/h5,7,9-10H,2-4,6H2,1H3,(H2,14,16,20)(H,22,23,24). The number of amidine groups is 1. The Morgan fingerprint density at radius 3 is 2.85 bits per heavy atom. The number of aryl methyl sites for hydroxylation is 1. The fraction of sp³-hybridized carbons (Fsp3) is 0.538. The third-order valence-electron chi connectivity index (χ3n) is 4.20. The van der Waals surface area contributed by atoms with E-state index in [4.69, 9.17) is 9.96 Å². The maximum Gasteiger partial charge on any atom is 0.418 e. The van der Waals surface area contributed by atoms with E-state index in [0.29, 0.717) is 23.6 Å². The Balaban J connectivity index is 1.62. The van der Waals surface area contributed by atoms with Crippen molar-refractivity contribution in [3.05, 3.63) is 18.2 Å². The van der Waals surface area contributed by atoms with Gasteiger partial charge in [0.2, 0.25) is 5.91 Å². The molecule has 3 rings (SSSR count). The van der Waals surface area contributed by atoms with E-state index in [2.05, 4.69) is 14.6 Å². The summed E-state index contributed by atoms with van der Waals surface area (Å²) in [4.78, 5) is 29.6. The zero-order valence-electron chi connectivity index (χ0n) is 13.8. The number of nitrogens with one attached hydrogen (secondary N) is 2. The molecule has 0 spiro atoms. The van der Waals surface area contributed by atoms with Crippen LogP contribution in [0.25, 0.3) is 0 Å². The van der Waals surface area contributed by atoms with E-state index in [1.807, 2.05) is 0 Å². The van der Waals surface area contributed by atoms with Crippen LogP contribution in [0.4, 0.5) is 4.79 Å². The van der Waals surface area contributed by atoms with Gasteiger partial charge in [-0.15, -0.1) is 4.28 Å². The molecule has 2 saturated heterocycles. The average Bonchev–Trinajstić information content (AvgIpc) is 3.03. The number of aromatic nitrogens is 2. The molecule has 142 valence electrons. The number of hydrogen-bond acceptors (Lipinski definition) is 7. The highest BCUT2D eigenvalue weighted by Gasteiger charge is 2.48. The summed E-state index contributed by atoms with van der Waals surface area (Å²) >= 11 is 0. The Bertz CT molecular complexity index is 851. The number of rotatable bonds is 5. The lowest BCUT2D eigenvalue weighted by Crippen LogP contribution is -2.51. The first-order chi connectivity index (χ1) is 12.1. The zero-order chi connectivity index (χ0) is 19.1. The second-order valence-electron chi connectivity index (χ2n) is 6.18.